The molecule has 4 N–H and O–H groups in total. The molecule has 0 saturated heterocycles. The fourth-order valence-corrected chi connectivity index (χ4v) is 3.45. The number of para-hydroxylation sites is 2. The first-order chi connectivity index (χ1) is 14.3. The molecule has 0 fully saturated rings. The summed E-state index contributed by atoms with van der Waals surface area (Å²) in [7, 11) is 0. The van der Waals surface area contributed by atoms with E-state index in [1.54, 1.807) is 0 Å². The van der Waals surface area contributed by atoms with Gasteiger partial charge in [0.05, 0.1) is 16.7 Å². The minimum atomic E-state index is 0.748. The van der Waals surface area contributed by atoms with Crippen LogP contribution in [0.5, 0.6) is 0 Å². The van der Waals surface area contributed by atoms with Gasteiger partial charge in [0.25, 0.3) is 0 Å². The first kappa shape index (κ1) is 17.4. The van der Waals surface area contributed by atoms with Gasteiger partial charge in [-0.05, 0) is 42.5 Å². The first-order valence-electron chi connectivity index (χ1n) is 9.17. The molecule has 3 aromatic carbocycles. The molecule has 0 amide bonds. The second-order valence-corrected chi connectivity index (χ2v) is 6.85. The normalized spacial score (nSPS) is 10.9. The fourth-order valence-electron chi connectivity index (χ4n) is 3.31. The van der Waals surface area contributed by atoms with Crippen molar-refractivity contribution >= 4 is 63.3 Å². The van der Waals surface area contributed by atoms with Crippen molar-refractivity contribution in [3.05, 3.63) is 78.9 Å². The number of nitrogens with zero attached hydrogens (tertiary/aromatic N) is 2. The molecule has 142 valence electrons. The van der Waals surface area contributed by atoms with E-state index < -0.39 is 0 Å². The Hall–Kier alpha value is -3.71. The monoisotopic (exact) mass is 398 g/mol. The van der Waals surface area contributed by atoms with E-state index in [2.05, 4.69) is 44.4 Å². The van der Waals surface area contributed by atoms with Crippen molar-refractivity contribution in [2.45, 2.75) is 0 Å². The Morgan fingerprint density at radius 2 is 1.48 bits per heavy atom. The van der Waals surface area contributed by atoms with Crippen LogP contribution < -0.4 is 15.4 Å². The number of fused-ring (bicyclic) bond motifs is 2. The lowest BCUT2D eigenvalue weighted by atomic mass is 10.1. The van der Waals surface area contributed by atoms with Crippen LogP contribution in [0.1, 0.15) is 0 Å². The van der Waals surface area contributed by atoms with Crippen molar-refractivity contribution in [2.24, 2.45) is 0 Å². The Morgan fingerprint density at radius 3 is 2.31 bits per heavy atom. The molecule has 0 aliphatic heterocycles. The van der Waals surface area contributed by atoms with Crippen molar-refractivity contribution in [1.82, 2.24) is 15.2 Å². The summed E-state index contributed by atoms with van der Waals surface area (Å²) in [5, 5.41) is 16.4. The van der Waals surface area contributed by atoms with Crippen LogP contribution in [0, 0.1) is 0 Å². The maximum atomic E-state index is 4.76. The van der Waals surface area contributed by atoms with Gasteiger partial charge in [-0.25, -0.2) is 4.98 Å². The van der Waals surface area contributed by atoms with E-state index in [0.717, 1.165) is 50.5 Å². The van der Waals surface area contributed by atoms with Gasteiger partial charge in [-0.1, -0.05) is 43.1 Å². The molecule has 0 aliphatic carbocycles. The number of pyridine rings is 1. The van der Waals surface area contributed by atoms with Crippen LogP contribution in [0.4, 0.5) is 28.7 Å². The summed E-state index contributed by atoms with van der Waals surface area (Å²) in [5.41, 5.74) is 4.69. The SMILES string of the molecule is SNc1ccc(Nc2cc(Nc3n[nH]c4ccccc34)c3ccccc3n2)cc1. The van der Waals surface area contributed by atoms with Gasteiger partial charge in [0.1, 0.15) is 5.82 Å². The second kappa shape index (κ2) is 7.37. The van der Waals surface area contributed by atoms with E-state index in [4.69, 9.17) is 4.98 Å². The van der Waals surface area contributed by atoms with Gasteiger partial charge in [-0.2, -0.15) is 5.10 Å². The Bertz CT molecular complexity index is 1300. The molecule has 6 nitrogen and oxygen atoms in total. The molecule has 5 aromatic rings. The zero-order valence-electron chi connectivity index (χ0n) is 15.3. The lowest BCUT2D eigenvalue weighted by Crippen LogP contribution is -1.98. The predicted molar refractivity (Wildman–Crippen MR) is 123 cm³/mol. The highest BCUT2D eigenvalue weighted by molar-refractivity contribution is 7.81. The summed E-state index contributed by atoms with van der Waals surface area (Å²) < 4.78 is 2.82. The van der Waals surface area contributed by atoms with Crippen LogP contribution in [0.3, 0.4) is 0 Å². The second-order valence-electron chi connectivity index (χ2n) is 6.63. The van der Waals surface area contributed by atoms with Gasteiger partial charge in [-0.3, -0.25) is 5.10 Å². The van der Waals surface area contributed by atoms with Crippen molar-refractivity contribution < 1.29 is 0 Å². The number of aromatic amines is 1. The third-order valence-corrected chi connectivity index (χ3v) is 4.98. The molecular weight excluding hydrogens is 380 g/mol. The fraction of sp³-hybridized carbons (Fsp3) is 0. The van der Waals surface area contributed by atoms with Gasteiger partial charge < -0.3 is 15.4 Å². The number of thiol groups is 1. The summed E-state index contributed by atoms with van der Waals surface area (Å²) in [5.74, 6) is 1.53. The van der Waals surface area contributed by atoms with Gasteiger partial charge in [-0.15, -0.1) is 0 Å². The molecule has 0 atom stereocenters. The minimum absolute atomic E-state index is 0.748. The molecule has 0 saturated carbocycles. The zero-order chi connectivity index (χ0) is 19.6. The Kier molecular flexibility index (Phi) is 4.42. The summed E-state index contributed by atoms with van der Waals surface area (Å²) in [6.45, 7) is 0. The van der Waals surface area contributed by atoms with Crippen LogP contribution in [0.2, 0.25) is 0 Å². The number of anilines is 5. The van der Waals surface area contributed by atoms with E-state index in [1.807, 2.05) is 72.8 Å². The van der Waals surface area contributed by atoms with Crippen LogP contribution in [0.15, 0.2) is 78.9 Å². The summed E-state index contributed by atoms with van der Waals surface area (Å²) in [4.78, 5) is 4.76. The highest BCUT2D eigenvalue weighted by atomic mass is 32.1. The summed E-state index contributed by atoms with van der Waals surface area (Å²) >= 11 is 4.07. The predicted octanol–water partition coefficient (Wildman–Crippen LogP) is 5.86. The molecule has 0 bridgehead atoms. The standard InChI is InChI=1S/C22H18N6S/c29-28-15-11-9-14(10-12-15)23-21-13-20(16-5-1-3-7-18(16)24-21)25-22-17-6-2-4-8-19(17)26-27-22/h1-13,28-29H,(H3,23,24,25,26,27). The minimum Gasteiger partial charge on any atom is -0.340 e. The zero-order valence-corrected chi connectivity index (χ0v) is 16.2. The van der Waals surface area contributed by atoms with Crippen molar-refractivity contribution in [1.29, 1.82) is 0 Å². The van der Waals surface area contributed by atoms with Crippen molar-refractivity contribution in [2.75, 3.05) is 15.4 Å². The first-order valence-corrected chi connectivity index (χ1v) is 9.62. The molecule has 7 heteroatoms. The average Bonchev–Trinajstić information content (AvgIpc) is 3.17. The van der Waals surface area contributed by atoms with E-state index in [-0.39, 0.29) is 0 Å². The molecule has 5 rings (SSSR count). The lowest BCUT2D eigenvalue weighted by molar-refractivity contribution is 1.12. The smallest absolute Gasteiger partial charge is 0.160 e. The van der Waals surface area contributed by atoms with Gasteiger partial charge in [0.2, 0.25) is 0 Å². The Labute approximate surface area is 172 Å². The molecular formula is C22H18N6S. The molecule has 29 heavy (non-hydrogen) atoms. The number of benzene rings is 3. The van der Waals surface area contributed by atoms with Crippen molar-refractivity contribution in [3.63, 3.8) is 0 Å². The molecule has 0 unspecified atom stereocenters. The Morgan fingerprint density at radius 1 is 0.759 bits per heavy atom. The molecule has 0 aliphatic rings. The average molecular weight is 398 g/mol. The van der Waals surface area contributed by atoms with Gasteiger partial charge in [0, 0.05) is 28.2 Å². The highest BCUT2D eigenvalue weighted by Crippen LogP contribution is 2.31. The Balaban J connectivity index is 1.54. The number of H-pyrrole nitrogens is 1. The maximum Gasteiger partial charge on any atom is 0.160 e. The number of rotatable bonds is 5. The topological polar surface area (TPSA) is 77.7 Å². The molecule has 0 radical (unpaired) electrons. The largest absolute Gasteiger partial charge is 0.340 e. The van der Waals surface area contributed by atoms with Crippen LogP contribution in [0.25, 0.3) is 21.8 Å². The summed E-state index contributed by atoms with van der Waals surface area (Å²) in [6, 6.07) is 25.9. The third-order valence-electron chi connectivity index (χ3n) is 4.73. The van der Waals surface area contributed by atoms with Crippen LogP contribution in [-0.2, 0) is 0 Å². The summed E-state index contributed by atoms with van der Waals surface area (Å²) in [6.07, 6.45) is 0. The van der Waals surface area contributed by atoms with E-state index in [1.165, 1.54) is 0 Å². The van der Waals surface area contributed by atoms with Crippen molar-refractivity contribution in [3.8, 4) is 0 Å². The number of hydrogen-bond acceptors (Lipinski definition) is 6. The highest BCUT2D eigenvalue weighted by Gasteiger charge is 2.10. The quantitative estimate of drug-likeness (QED) is 0.240. The van der Waals surface area contributed by atoms with E-state index >= 15 is 0 Å². The maximum absolute atomic E-state index is 4.76. The van der Waals surface area contributed by atoms with Crippen LogP contribution in [-0.4, -0.2) is 15.2 Å². The van der Waals surface area contributed by atoms with Crippen LogP contribution >= 0.6 is 12.8 Å². The molecule has 2 aromatic heterocycles. The number of aromatic nitrogens is 3. The molecule has 0 spiro atoms. The number of nitrogens with one attached hydrogen (secondary N) is 4. The lowest BCUT2D eigenvalue weighted by Gasteiger charge is -2.12. The third kappa shape index (κ3) is 3.43. The number of hydrogen-bond donors (Lipinski definition) is 5. The van der Waals surface area contributed by atoms with E-state index in [0.29, 0.717) is 0 Å². The van der Waals surface area contributed by atoms with Gasteiger partial charge in [0.15, 0.2) is 5.82 Å². The molecule has 2 heterocycles. The van der Waals surface area contributed by atoms with Gasteiger partial charge >= 0.3 is 0 Å². The van der Waals surface area contributed by atoms with E-state index in [9.17, 15) is 0 Å².